The van der Waals surface area contributed by atoms with Crippen molar-refractivity contribution >= 4 is 5.91 Å². The molecule has 0 radical (unpaired) electrons. The summed E-state index contributed by atoms with van der Waals surface area (Å²) in [6, 6.07) is 0. The Morgan fingerprint density at radius 1 is 1.36 bits per heavy atom. The van der Waals surface area contributed by atoms with Crippen molar-refractivity contribution in [2.75, 3.05) is 0 Å². The van der Waals surface area contributed by atoms with Crippen LogP contribution in [-0.4, -0.2) is 5.91 Å². The van der Waals surface area contributed by atoms with Crippen LogP contribution in [0, 0.1) is 0 Å². The molecule has 0 spiro atoms. The minimum absolute atomic E-state index is 0.0816. The van der Waals surface area contributed by atoms with Crippen LogP contribution in [-0.2, 0) is 4.79 Å². The van der Waals surface area contributed by atoms with Crippen molar-refractivity contribution < 1.29 is 4.79 Å². The van der Waals surface area contributed by atoms with Crippen molar-refractivity contribution in [2.45, 2.75) is 33.6 Å². The normalized spacial score (nSPS) is 16.1. The highest BCUT2D eigenvalue weighted by Gasteiger charge is 2.12. The van der Waals surface area contributed by atoms with E-state index < -0.39 is 0 Å². The highest BCUT2D eigenvalue weighted by Crippen LogP contribution is 2.16. The number of carbonyl (C=O) groups excluding carboxylic acids is 1. The van der Waals surface area contributed by atoms with Crippen molar-refractivity contribution in [3.8, 4) is 0 Å². The molecular formula is C12H19NO. The largest absolute Gasteiger partial charge is 0.326 e. The number of hydrogen-bond donors (Lipinski definition) is 1. The summed E-state index contributed by atoms with van der Waals surface area (Å²) in [5.74, 6) is 0.0816. The van der Waals surface area contributed by atoms with Gasteiger partial charge in [0.05, 0.1) is 0 Å². The maximum atomic E-state index is 11.0. The lowest BCUT2D eigenvalue weighted by molar-refractivity contribution is -0.120. The van der Waals surface area contributed by atoms with Crippen LogP contribution in [0.5, 0.6) is 0 Å². The summed E-state index contributed by atoms with van der Waals surface area (Å²) in [6.45, 7) is 9.61. The first-order valence-electron chi connectivity index (χ1n) is 5.06. The lowest BCUT2D eigenvalue weighted by Crippen LogP contribution is -2.26. The van der Waals surface area contributed by atoms with Crippen molar-refractivity contribution in [1.82, 2.24) is 5.32 Å². The standard InChI is InChI=1S/C10H13NO.C2H6/c1-3-5-8-6-7-10(12)11-9(8)4-2;1-2/h3-5H,2,6-7H2,1H3,(H,11,12);1-2H3/b5-3-;. The van der Waals surface area contributed by atoms with Gasteiger partial charge in [-0.25, -0.2) is 0 Å². The van der Waals surface area contributed by atoms with E-state index in [1.807, 2.05) is 32.9 Å². The van der Waals surface area contributed by atoms with E-state index in [2.05, 4.69) is 11.9 Å². The summed E-state index contributed by atoms with van der Waals surface area (Å²) in [7, 11) is 0. The number of amides is 1. The van der Waals surface area contributed by atoms with Gasteiger partial charge in [0, 0.05) is 12.1 Å². The predicted octanol–water partition coefficient (Wildman–Crippen LogP) is 2.94. The number of hydrogen-bond acceptors (Lipinski definition) is 1. The van der Waals surface area contributed by atoms with Crippen LogP contribution in [0.25, 0.3) is 0 Å². The Bertz CT molecular complexity index is 261. The molecule has 1 aliphatic rings. The van der Waals surface area contributed by atoms with E-state index in [1.54, 1.807) is 6.08 Å². The van der Waals surface area contributed by atoms with Crippen LogP contribution < -0.4 is 5.32 Å². The van der Waals surface area contributed by atoms with Gasteiger partial charge in [0.1, 0.15) is 0 Å². The Hall–Kier alpha value is -1.31. The third-order valence-corrected chi connectivity index (χ3v) is 1.81. The van der Waals surface area contributed by atoms with Crippen molar-refractivity contribution in [2.24, 2.45) is 0 Å². The molecule has 0 saturated carbocycles. The van der Waals surface area contributed by atoms with Gasteiger partial charge in [-0.3, -0.25) is 4.79 Å². The van der Waals surface area contributed by atoms with Gasteiger partial charge in [-0.2, -0.15) is 0 Å². The zero-order chi connectivity index (χ0) is 11.0. The Labute approximate surface area is 86.4 Å². The third-order valence-electron chi connectivity index (χ3n) is 1.81. The topological polar surface area (TPSA) is 29.1 Å². The molecule has 2 heteroatoms. The molecule has 0 fully saturated rings. The minimum Gasteiger partial charge on any atom is -0.326 e. The first kappa shape index (κ1) is 12.7. The van der Waals surface area contributed by atoms with Crippen LogP contribution in [0.15, 0.2) is 36.1 Å². The monoisotopic (exact) mass is 193 g/mol. The molecule has 0 aromatic heterocycles. The van der Waals surface area contributed by atoms with E-state index in [-0.39, 0.29) is 5.91 Å². The van der Waals surface area contributed by atoms with E-state index in [4.69, 9.17) is 0 Å². The molecule has 0 aromatic carbocycles. The Balaban J connectivity index is 0.000000791. The van der Waals surface area contributed by atoms with Gasteiger partial charge in [0.2, 0.25) is 5.91 Å². The summed E-state index contributed by atoms with van der Waals surface area (Å²) in [5.41, 5.74) is 2.01. The molecule has 1 aliphatic heterocycles. The van der Waals surface area contributed by atoms with Crippen molar-refractivity contribution in [1.29, 1.82) is 0 Å². The van der Waals surface area contributed by atoms with Gasteiger partial charge in [-0.05, 0) is 25.0 Å². The Morgan fingerprint density at radius 3 is 2.50 bits per heavy atom. The molecule has 1 rings (SSSR count). The van der Waals surface area contributed by atoms with Crippen LogP contribution in [0.2, 0.25) is 0 Å². The van der Waals surface area contributed by atoms with Crippen LogP contribution in [0.3, 0.4) is 0 Å². The van der Waals surface area contributed by atoms with Crippen LogP contribution in [0.4, 0.5) is 0 Å². The average molecular weight is 193 g/mol. The molecule has 0 aliphatic carbocycles. The Morgan fingerprint density at radius 2 is 2.00 bits per heavy atom. The molecule has 2 nitrogen and oxygen atoms in total. The summed E-state index contributed by atoms with van der Waals surface area (Å²) < 4.78 is 0. The average Bonchev–Trinajstić information content (AvgIpc) is 2.24. The molecule has 0 unspecified atom stereocenters. The van der Waals surface area contributed by atoms with Crippen molar-refractivity contribution in [3.63, 3.8) is 0 Å². The predicted molar refractivity (Wildman–Crippen MR) is 60.8 cm³/mol. The second-order valence-electron chi connectivity index (χ2n) is 2.69. The molecular weight excluding hydrogens is 174 g/mol. The SMILES string of the molecule is C=CC1=C(/C=C\C)CCC(=O)N1.CC. The van der Waals surface area contributed by atoms with Gasteiger partial charge in [0.25, 0.3) is 0 Å². The summed E-state index contributed by atoms with van der Waals surface area (Å²) in [5, 5.41) is 2.77. The maximum Gasteiger partial charge on any atom is 0.224 e. The smallest absolute Gasteiger partial charge is 0.224 e. The van der Waals surface area contributed by atoms with Crippen LogP contribution >= 0.6 is 0 Å². The lowest BCUT2D eigenvalue weighted by atomic mass is 10.0. The lowest BCUT2D eigenvalue weighted by Gasteiger charge is -2.16. The molecule has 78 valence electrons. The van der Waals surface area contributed by atoms with E-state index >= 15 is 0 Å². The highest BCUT2D eigenvalue weighted by atomic mass is 16.1. The van der Waals surface area contributed by atoms with Gasteiger partial charge >= 0.3 is 0 Å². The van der Waals surface area contributed by atoms with Crippen molar-refractivity contribution in [3.05, 3.63) is 36.1 Å². The molecule has 1 heterocycles. The van der Waals surface area contributed by atoms with E-state index in [0.29, 0.717) is 6.42 Å². The fourth-order valence-electron chi connectivity index (χ4n) is 1.23. The number of allylic oxidation sites excluding steroid dienone is 4. The molecule has 0 atom stereocenters. The third kappa shape index (κ3) is 3.60. The number of rotatable bonds is 2. The Kier molecular flexibility index (Phi) is 6.46. The fraction of sp³-hybridized carbons (Fsp3) is 0.417. The first-order chi connectivity index (χ1) is 6.77. The molecule has 1 amide bonds. The molecule has 0 aromatic rings. The molecule has 0 saturated heterocycles. The van der Waals surface area contributed by atoms with Gasteiger partial charge in [-0.1, -0.05) is 32.6 Å². The molecule has 0 bridgehead atoms. The summed E-state index contributed by atoms with van der Waals surface area (Å²) >= 11 is 0. The minimum atomic E-state index is 0.0816. The second kappa shape index (κ2) is 7.13. The highest BCUT2D eigenvalue weighted by molar-refractivity contribution is 5.80. The summed E-state index contributed by atoms with van der Waals surface area (Å²) in [4.78, 5) is 11.0. The van der Waals surface area contributed by atoms with E-state index in [1.165, 1.54) is 0 Å². The van der Waals surface area contributed by atoms with Gasteiger partial charge in [0.15, 0.2) is 0 Å². The van der Waals surface area contributed by atoms with E-state index in [9.17, 15) is 4.79 Å². The second-order valence-corrected chi connectivity index (χ2v) is 2.69. The zero-order valence-electron chi connectivity index (χ0n) is 9.26. The molecule has 1 N–H and O–H groups in total. The van der Waals surface area contributed by atoms with E-state index in [0.717, 1.165) is 17.7 Å². The zero-order valence-corrected chi connectivity index (χ0v) is 9.26. The van der Waals surface area contributed by atoms with Crippen LogP contribution in [0.1, 0.15) is 33.6 Å². The number of nitrogens with one attached hydrogen (secondary N) is 1. The maximum absolute atomic E-state index is 11.0. The first-order valence-corrected chi connectivity index (χ1v) is 5.06. The van der Waals surface area contributed by atoms with Gasteiger partial charge < -0.3 is 5.32 Å². The quantitative estimate of drug-likeness (QED) is 0.717. The number of carbonyl (C=O) groups is 1. The molecule has 14 heavy (non-hydrogen) atoms. The fourth-order valence-corrected chi connectivity index (χ4v) is 1.23. The summed E-state index contributed by atoms with van der Waals surface area (Å²) in [6.07, 6.45) is 7.06. The van der Waals surface area contributed by atoms with Gasteiger partial charge in [-0.15, -0.1) is 0 Å².